The summed E-state index contributed by atoms with van der Waals surface area (Å²) in [5.74, 6) is 1.39. The minimum Gasteiger partial charge on any atom is -0.493 e. The molecule has 2 aromatic carbocycles. The van der Waals surface area contributed by atoms with Gasteiger partial charge in [0.05, 0.1) is 14.2 Å². The van der Waals surface area contributed by atoms with E-state index in [0.29, 0.717) is 24.6 Å². The molecule has 1 amide bonds. The lowest BCUT2D eigenvalue weighted by Crippen LogP contribution is -2.29. The molecule has 0 saturated carbocycles. The van der Waals surface area contributed by atoms with Crippen LogP contribution < -0.4 is 14.8 Å². The highest BCUT2D eigenvalue weighted by Crippen LogP contribution is 2.27. The molecule has 3 aromatic rings. The maximum atomic E-state index is 12.2. The Morgan fingerprint density at radius 2 is 1.88 bits per heavy atom. The number of benzene rings is 2. The minimum atomic E-state index is -0.00843. The molecule has 0 fully saturated rings. The van der Waals surface area contributed by atoms with Crippen LogP contribution in [0, 0.1) is 0 Å². The minimum absolute atomic E-state index is 0.00843. The summed E-state index contributed by atoms with van der Waals surface area (Å²) in [6.07, 6.45) is 2.66. The highest BCUT2D eigenvalue weighted by atomic mass is 79.9. The summed E-state index contributed by atoms with van der Waals surface area (Å²) in [6, 6.07) is 13.8. The van der Waals surface area contributed by atoms with Crippen molar-refractivity contribution in [1.29, 1.82) is 0 Å². The molecule has 0 aliphatic rings. The van der Waals surface area contributed by atoms with Crippen LogP contribution >= 0.6 is 15.9 Å². The Bertz CT molecular complexity index is 921. The molecule has 0 aliphatic heterocycles. The fraction of sp³-hybridized carbons (Fsp3) is 0.250. The zero-order chi connectivity index (χ0) is 18.5. The van der Waals surface area contributed by atoms with Crippen molar-refractivity contribution in [1.82, 2.24) is 9.88 Å². The van der Waals surface area contributed by atoms with E-state index in [-0.39, 0.29) is 5.91 Å². The fourth-order valence-electron chi connectivity index (χ4n) is 2.90. The number of rotatable bonds is 7. The van der Waals surface area contributed by atoms with Crippen molar-refractivity contribution in [2.45, 2.75) is 13.0 Å². The van der Waals surface area contributed by atoms with Crippen LogP contribution in [-0.4, -0.2) is 31.2 Å². The molecule has 0 bridgehead atoms. The number of fused-ring (bicyclic) bond motifs is 1. The van der Waals surface area contributed by atoms with Crippen molar-refractivity contribution >= 4 is 32.7 Å². The van der Waals surface area contributed by atoms with Crippen LogP contribution in [-0.2, 0) is 17.8 Å². The summed E-state index contributed by atoms with van der Waals surface area (Å²) in [6.45, 7) is 0.871. The van der Waals surface area contributed by atoms with Gasteiger partial charge in [-0.3, -0.25) is 4.79 Å². The number of halogens is 1. The maximum Gasteiger partial charge on any atom is 0.239 e. The van der Waals surface area contributed by atoms with Gasteiger partial charge in [-0.1, -0.05) is 22.0 Å². The summed E-state index contributed by atoms with van der Waals surface area (Å²) in [5, 5.41) is 4.08. The van der Waals surface area contributed by atoms with Gasteiger partial charge in [-0.15, -0.1) is 0 Å². The first-order valence-electron chi connectivity index (χ1n) is 8.32. The lowest BCUT2D eigenvalue weighted by atomic mass is 10.1. The molecular weight excluding hydrogens is 396 g/mol. The van der Waals surface area contributed by atoms with E-state index in [1.54, 1.807) is 14.2 Å². The van der Waals surface area contributed by atoms with Gasteiger partial charge in [0.15, 0.2) is 11.5 Å². The van der Waals surface area contributed by atoms with Crippen LogP contribution in [0.1, 0.15) is 5.56 Å². The van der Waals surface area contributed by atoms with Gasteiger partial charge in [-0.2, -0.15) is 0 Å². The second-order valence-corrected chi connectivity index (χ2v) is 6.85. The largest absolute Gasteiger partial charge is 0.493 e. The molecule has 0 atom stereocenters. The quantitative estimate of drug-likeness (QED) is 0.637. The van der Waals surface area contributed by atoms with Crippen molar-refractivity contribution in [3.05, 3.63) is 58.7 Å². The van der Waals surface area contributed by atoms with Gasteiger partial charge in [0, 0.05) is 28.1 Å². The third-order valence-corrected chi connectivity index (χ3v) is 4.72. The van der Waals surface area contributed by atoms with Gasteiger partial charge in [-0.25, -0.2) is 0 Å². The van der Waals surface area contributed by atoms with Crippen LogP contribution in [0.3, 0.4) is 0 Å². The van der Waals surface area contributed by atoms with Gasteiger partial charge < -0.3 is 19.4 Å². The predicted octanol–water partition coefficient (Wildman–Crippen LogP) is 3.78. The molecule has 5 nitrogen and oxygen atoms in total. The molecule has 0 aliphatic carbocycles. The first-order valence-corrected chi connectivity index (χ1v) is 9.12. The molecule has 1 aromatic heterocycles. The standard InChI is InChI=1S/C20H21BrN2O3/c1-25-18-6-3-14(11-19(18)26-2)7-9-22-20(24)13-23-10-8-15-12-16(21)4-5-17(15)23/h3-6,8,10-12H,7,9,13H2,1-2H3,(H,22,24). The fourth-order valence-corrected chi connectivity index (χ4v) is 3.28. The number of aromatic nitrogens is 1. The van der Waals surface area contributed by atoms with Crippen LogP contribution in [0.5, 0.6) is 11.5 Å². The number of methoxy groups -OCH3 is 2. The van der Waals surface area contributed by atoms with E-state index in [0.717, 1.165) is 27.4 Å². The SMILES string of the molecule is COc1ccc(CCNC(=O)Cn2ccc3cc(Br)ccc32)cc1OC. The second kappa shape index (κ2) is 8.27. The Balaban J connectivity index is 1.55. The molecule has 6 heteroatoms. The molecule has 0 unspecified atom stereocenters. The third-order valence-electron chi connectivity index (χ3n) is 4.23. The topological polar surface area (TPSA) is 52.5 Å². The van der Waals surface area contributed by atoms with Crippen molar-refractivity contribution in [3.8, 4) is 11.5 Å². The van der Waals surface area contributed by atoms with Gasteiger partial charge >= 0.3 is 0 Å². The molecular formula is C20H21BrN2O3. The first-order chi connectivity index (χ1) is 12.6. The Hall–Kier alpha value is -2.47. The molecule has 0 saturated heterocycles. The molecule has 26 heavy (non-hydrogen) atoms. The summed E-state index contributed by atoms with van der Waals surface area (Å²) >= 11 is 3.46. The van der Waals surface area contributed by atoms with Crippen molar-refractivity contribution in [3.63, 3.8) is 0 Å². The molecule has 0 spiro atoms. The smallest absolute Gasteiger partial charge is 0.239 e. The Morgan fingerprint density at radius 3 is 2.65 bits per heavy atom. The highest BCUT2D eigenvalue weighted by Gasteiger charge is 2.08. The summed E-state index contributed by atoms with van der Waals surface area (Å²) in [5.41, 5.74) is 2.13. The molecule has 0 radical (unpaired) electrons. The number of ether oxygens (including phenoxy) is 2. The van der Waals surface area contributed by atoms with E-state index < -0.39 is 0 Å². The molecule has 136 valence electrons. The average molecular weight is 417 g/mol. The normalized spacial score (nSPS) is 10.7. The summed E-state index contributed by atoms with van der Waals surface area (Å²) in [7, 11) is 3.23. The Morgan fingerprint density at radius 1 is 1.08 bits per heavy atom. The van der Waals surface area contributed by atoms with E-state index in [1.165, 1.54) is 0 Å². The monoisotopic (exact) mass is 416 g/mol. The predicted molar refractivity (Wildman–Crippen MR) is 106 cm³/mol. The number of carbonyl (C=O) groups excluding carboxylic acids is 1. The lowest BCUT2D eigenvalue weighted by molar-refractivity contribution is -0.121. The number of nitrogens with one attached hydrogen (secondary N) is 1. The van der Waals surface area contributed by atoms with Crippen LogP contribution in [0.25, 0.3) is 10.9 Å². The zero-order valence-corrected chi connectivity index (χ0v) is 16.4. The summed E-state index contributed by atoms with van der Waals surface area (Å²) in [4.78, 5) is 12.2. The Kier molecular flexibility index (Phi) is 5.83. The Labute approximate surface area is 161 Å². The van der Waals surface area contributed by atoms with Crippen molar-refractivity contribution in [2.75, 3.05) is 20.8 Å². The maximum absolute atomic E-state index is 12.2. The van der Waals surface area contributed by atoms with Crippen molar-refractivity contribution < 1.29 is 14.3 Å². The molecule has 1 heterocycles. The van der Waals surface area contributed by atoms with E-state index in [1.807, 2.05) is 53.2 Å². The molecule has 1 N–H and O–H groups in total. The number of carbonyl (C=O) groups is 1. The van der Waals surface area contributed by atoms with E-state index in [2.05, 4.69) is 21.2 Å². The van der Waals surface area contributed by atoms with Crippen molar-refractivity contribution in [2.24, 2.45) is 0 Å². The van der Waals surface area contributed by atoms with Crippen LogP contribution in [0.15, 0.2) is 53.1 Å². The number of hydrogen-bond acceptors (Lipinski definition) is 3. The van der Waals surface area contributed by atoms with E-state index in [4.69, 9.17) is 9.47 Å². The highest BCUT2D eigenvalue weighted by molar-refractivity contribution is 9.10. The van der Waals surface area contributed by atoms with Gasteiger partial charge in [0.25, 0.3) is 0 Å². The second-order valence-electron chi connectivity index (χ2n) is 5.94. The number of hydrogen-bond donors (Lipinski definition) is 1. The van der Waals surface area contributed by atoms with E-state index >= 15 is 0 Å². The van der Waals surface area contributed by atoms with Gasteiger partial charge in [-0.05, 0) is 48.4 Å². The van der Waals surface area contributed by atoms with Crippen LogP contribution in [0.4, 0.5) is 0 Å². The first kappa shape index (κ1) is 18.3. The summed E-state index contributed by atoms with van der Waals surface area (Å²) < 4.78 is 13.5. The van der Waals surface area contributed by atoms with Crippen LogP contribution in [0.2, 0.25) is 0 Å². The van der Waals surface area contributed by atoms with Gasteiger partial charge in [0.1, 0.15) is 6.54 Å². The lowest BCUT2D eigenvalue weighted by Gasteiger charge is -2.10. The zero-order valence-electron chi connectivity index (χ0n) is 14.8. The number of amides is 1. The third kappa shape index (κ3) is 4.19. The van der Waals surface area contributed by atoms with E-state index in [9.17, 15) is 4.79 Å². The average Bonchev–Trinajstić information content (AvgIpc) is 3.03. The van der Waals surface area contributed by atoms with Gasteiger partial charge in [0.2, 0.25) is 5.91 Å². The molecule has 3 rings (SSSR count). The number of nitrogens with zero attached hydrogens (tertiary/aromatic N) is 1.